The van der Waals surface area contributed by atoms with Crippen molar-refractivity contribution in [3.8, 4) is 5.75 Å². The van der Waals surface area contributed by atoms with Crippen LogP contribution in [-0.2, 0) is 6.18 Å². The van der Waals surface area contributed by atoms with Crippen LogP contribution in [0.25, 0.3) is 10.8 Å². The molecular weight excluding hydrogens is 322 g/mol. The number of alkyl halides is 3. The Bertz CT molecular complexity index is 932. The topological polar surface area (TPSA) is 32.6 Å². The minimum absolute atomic E-state index is 0.0457. The smallest absolute Gasteiger partial charge is 0.419 e. The van der Waals surface area contributed by atoms with Crippen LogP contribution in [0.5, 0.6) is 5.75 Å². The van der Waals surface area contributed by atoms with Gasteiger partial charge in [-0.1, -0.05) is 30.3 Å². The number of nitrogens with zero attached hydrogens (tertiary/aromatic N) is 1. The van der Waals surface area contributed by atoms with Crippen molar-refractivity contribution in [1.82, 2.24) is 0 Å². The van der Waals surface area contributed by atoms with Gasteiger partial charge < -0.3 is 5.11 Å². The molecule has 0 aromatic heterocycles. The zero-order valence-corrected chi connectivity index (χ0v) is 12.2. The average Bonchev–Trinajstić information content (AvgIpc) is 2.54. The lowest BCUT2D eigenvalue weighted by atomic mass is 10.0. The van der Waals surface area contributed by atoms with Crippen molar-refractivity contribution >= 4 is 22.7 Å². The van der Waals surface area contributed by atoms with Gasteiger partial charge in [0.1, 0.15) is 11.6 Å². The van der Waals surface area contributed by atoms with Crippen LogP contribution in [0.1, 0.15) is 11.1 Å². The Morgan fingerprint density at radius 3 is 2.46 bits per heavy atom. The normalized spacial score (nSPS) is 12.2. The number of rotatable bonds is 2. The van der Waals surface area contributed by atoms with Gasteiger partial charge in [0.2, 0.25) is 0 Å². The molecule has 0 bridgehead atoms. The van der Waals surface area contributed by atoms with E-state index in [9.17, 15) is 22.7 Å². The van der Waals surface area contributed by atoms with Gasteiger partial charge in [0.05, 0.1) is 11.3 Å². The number of phenolic OH excluding ortho intramolecular Hbond substituents is 1. The fourth-order valence-corrected chi connectivity index (χ4v) is 2.37. The third-order valence-electron chi connectivity index (χ3n) is 3.55. The van der Waals surface area contributed by atoms with Crippen LogP contribution in [-0.4, -0.2) is 11.3 Å². The van der Waals surface area contributed by atoms with Crippen LogP contribution in [0, 0.1) is 5.82 Å². The van der Waals surface area contributed by atoms with Gasteiger partial charge in [0, 0.05) is 11.8 Å². The quantitative estimate of drug-likeness (QED) is 0.490. The number of hydrogen-bond donors (Lipinski definition) is 1. The standard InChI is InChI=1S/C18H11F4NO/c19-16-7-6-12(9-15(16)18(20,21)22)23-10-14-13-4-2-1-3-11(13)5-8-17(14)24/h1-10,24H. The van der Waals surface area contributed by atoms with Gasteiger partial charge in [-0.15, -0.1) is 0 Å². The van der Waals surface area contributed by atoms with Crippen LogP contribution in [0.4, 0.5) is 23.2 Å². The average molecular weight is 333 g/mol. The first-order chi connectivity index (χ1) is 11.4. The monoisotopic (exact) mass is 333 g/mol. The maximum Gasteiger partial charge on any atom is 0.419 e. The minimum atomic E-state index is -4.79. The van der Waals surface area contributed by atoms with Crippen LogP contribution in [0.15, 0.2) is 59.6 Å². The summed E-state index contributed by atoms with van der Waals surface area (Å²) in [7, 11) is 0. The van der Waals surface area contributed by atoms with Gasteiger partial charge in [-0.3, -0.25) is 4.99 Å². The highest BCUT2D eigenvalue weighted by atomic mass is 19.4. The highest BCUT2D eigenvalue weighted by molar-refractivity contribution is 6.02. The SMILES string of the molecule is Oc1ccc2ccccc2c1C=Nc1ccc(F)c(C(F)(F)F)c1. The van der Waals surface area contributed by atoms with Crippen LogP contribution in [0.2, 0.25) is 0 Å². The van der Waals surface area contributed by atoms with Gasteiger partial charge in [0.15, 0.2) is 0 Å². The van der Waals surface area contributed by atoms with Crippen LogP contribution < -0.4 is 0 Å². The number of aliphatic imine (C=N–C) groups is 1. The molecule has 6 heteroatoms. The van der Waals surface area contributed by atoms with E-state index >= 15 is 0 Å². The van der Waals surface area contributed by atoms with Crippen LogP contribution >= 0.6 is 0 Å². The molecule has 0 saturated heterocycles. The lowest BCUT2D eigenvalue weighted by Crippen LogP contribution is -2.07. The van der Waals surface area contributed by atoms with E-state index in [1.165, 1.54) is 12.3 Å². The summed E-state index contributed by atoms with van der Waals surface area (Å²) in [6.07, 6.45) is -3.53. The predicted octanol–water partition coefficient (Wildman–Crippen LogP) is 5.45. The second-order valence-corrected chi connectivity index (χ2v) is 5.14. The highest BCUT2D eigenvalue weighted by Gasteiger charge is 2.34. The van der Waals surface area contributed by atoms with Crippen molar-refractivity contribution in [3.05, 3.63) is 71.5 Å². The van der Waals surface area contributed by atoms with Crippen molar-refractivity contribution in [2.24, 2.45) is 4.99 Å². The molecule has 122 valence electrons. The summed E-state index contributed by atoms with van der Waals surface area (Å²) in [5, 5.41) is 11.5. The Labute approximate surface area is 134 Å². The van der Waals surface area contributed by atoms with Crippen molar-refractivity contribution in [3.63, 3.8) is 0 Å². The van der Waals surface area contributed by atoms with Gasteiger partial charge in [0.25, 0.3) is 0 Å². The van der Waals surface area contributed by atoms with Gasteiger partial charge in [-0.05, 0) is 35.0 Å². The predicted molar refractivity (Wildman–Crippen MR) is 84.3 cm³/mol. The second kappa shape index (κ2) is 5.96. The Balaban J connectivity index is 2.05. The van der Waals surface area contributed by atoms with E-state index in [-0.39, 0.29) is 11.4 Å². The first-order valence-corrected chi connectivity index (χ1v) is 6.98. The Morgan fingerprint density at radius 2 is 1.71 bits per heavy atom. The molecule has 0 fully saturated rings. The molecular formula is C18H11F4NO. The number of benzene rings is 3. The van der Waals surface area contributed by atoms with Crippen LogP contribution in [0.3, 0.4) is 0 Å². The molecule has 1 N–H and O–H groups in total. The zero-order chi connectivity index (χ0) is 17.3. The molecule has 0 heterocycles. The fourth-order valence-electron chi connectivity index (χ4n) is 2.37. The minimum Gasteiger partial charge on any atom is -0.507 e. The number of aromatic hydroxyl groups is 1. The van der Waals surface area contributed by atoms with E-state index in [1.807, 2.05) is 12.1 Å². The summed E-state index contributed by atoms with van der Waals surface area (Å²) in [4.78, 5) is 3.95. The third-order valence-corrected chi connectivity index (χ3v) is 3.55. The molecule has 0 unspecified atom stereocenters. The van der Waals surface area contributed by atoms with E-state index < -0.39 is 17.6 Å². The number of phenols is 1. The summed E-state index contributed by atoms with van der Waals surface area (Å²) in [5.74, 6) is -1.40. The van der Waals surface area contributed by atoms with Crippen molar-refractivity contribution < 1.29 is 22.7 Å². The van der Waals surface area contributed by atoms with Crippen molar-refractivity contribution in [1.29, 1.82) is 0 Å². The van der Waals surface area contributed by atoms with Crippen molar-refractivity contribution in [2.75, 3.05) is 0 Å². The molecule has 24 heavy (non-hydrogen) atoms. The molecule has 0 spiro atoms. The van der Waals surface area contributed by atoms with Gasteiger partial charge in [-0.25, -0.2) is 4.39 Å². The lowest BCUT2D eigenvalue weighted by molar-refractivity contribution is -0.139. The summed E-state index contributed by atoms with van der Waals surface area (Å²) < 4.78 is 51.5. The number of fused-ring (bicyclic) bond motifs is 1. The summed E-state index contributed by atoms with van der Waals surface area (Å²) in [6, 6.07) is 12.9. The maximum atomic E-state index is 13.3. The largest absolute Gasteiger partial charge is 0.507 e. The summed E-state index contributed by atoms with van der Waals surface area (Å²) in [6.45, 7) is 0. The molecule has 0 aliphatic carbocycles. The van der Waals surface area contributed by atoms with E-state index in [0.717, 1.165) is 17.5 Å². The highest BCUT2D eigenvalue weighted by Crippen LogP contribution is 2.34. The van der Waals surface area contributed by atoms with Gasteiger partial charge >= 0.3 is 6.18 Å². The molecule has 0 aliphatic rings. The van der Waals surface area contributed by atoms with E-state index in [2.05, 4.69) is 4.99 Å². The number of hydrogen-bond acceptors (Lipinski definition) is 2. The summed E-state index contributed by atoms with van der Waals surface area (Å²) >= 11 is 0. The first kappa shape index (κ1) is 16.0. The lowest BCUT2D eigenvalue weighted by Gasteiger charge is -2.08. The Hall–Kier alpha value is -2.89. The van der Waals surface area contributed by atoms with Gasteiger partial charge in [-0.2, -0.15) is 13.2 Å². The molecule has 0 saturated carbocycles. The zero-order valence-electron chi connectivity index (χ0n) is 12.2. The molecule has 3 aromatic rings. The molecule has 0 atom stereocenters. The number of halogens is 4. The fraction of sp³-hybridized carbons (Fsp3) is 0.0556. The molecule has 2 nitrogen and oxygen atoms in total. The molecule has 3 rings (SSSR count). The summed E-state index contributed by atoms with van der Waals surface area (Å²) in [5.41, 5.74) is -1.05. The maximum absolute atomic E-state index is 13.3. The van der Waals surface area contributed by atoms with E-state index in [4.69, 9.17) is 0 Å². The second-order valence-electron chi connectivity index (χ2n) is 5.14. The first-order valence-electron chi connectivity index (χ1n) is 6.98. The Morgan fingerprint density at radius 1 is 0.958 bits per heavy atom. The molecule has 0 aliphatic heterocycles. The molecule has 3 aromatic carbocycles. The van der Waals surface area contributed by atoms with E-state index in [1.54, 1.807) is 18.2 Å². The molecule has 0 radical (unpaired) electrons. The van der Waals surface area contributed by atoms with Crippen molar-refractivity contribution in [2.45, 2.75) is 6.18 Å². The van der Waals surface area contributed by atoms with E-state index in [0.29, 0.717) is 17.0 Å². The Kier molecular flexibility index (Phi) is 3.97. The third kappa shape index (κ3) is 3.08. The molecule has 0 amide bonds.